The van der Waals surface area contributed by atoms with Gasteiger partial charge in [0.25, 0.3) is 0 Å². The molecule has 0 atom stereocenters. The zero-order chi connectivity index (χ0) is 11.9. The minimum atomic E-state index is 0.897. The largest absolute Gasteiger partial charge is 0.379 e. The van der Waals surface area contributed by atoms with Gasteiger partial charge in [-0.2, -0.15) is 0 Å². The van der Waals surface area contributed by atoms with Gasteiger partial charge in [-0.15, -0.1) is 0 Å². The van der Waals surface area contributed by atoms with Crippen LogP contribution in [-0.4, -0.2) is 37.9 Å². The molecule has 0 spiro atoms. The van der Waals surface area contributed by atoms with Gasteiger partial charge in [0.15, 0.2) is 0 Å². The number of nitrogens with zero attached hydrogens (tertiary/aromatic N) is 1. The summed E-state index contributed by atoms with van der Waals surface area (Å²) in [5, 5.41) is 2.38. The first kappa shape index (κ1) is 11.7. The molecule has 1 heterocycles. The average Bonchev–Trinajstić information content (AvgIpc) is 2.38. The van der Waals surface area contributed by atoms with Gasteiger partial charge in [0, 0.05) is 19.6 Å². The van der Waals surface area contributed by atoms with E-state index in [0.29, 0.717) is 0 Å². The van der Waals surface area contributed by atoms with Crippen molar-refractivity contribution in [3.05, 3.63) is 0 Å². The van der Waals surface area contributed by atoms with E-state index in [1.54, 1.807) is 32.1 Å². The summed E-state index contributed by atoms with van der Waals surface area (Å²) in [6, 6.07) is 0. The number of morpholine rings is 1. The fourth-order valence-corrected chi connectivity index (χ4v) is 5.33. The summed E-state index contributed by atoms with van der Waals surface area (Å²) in [6.07, 6.45) is 7.74. The highest BCUT2D eigenvalue weighted by Gasteiger charge is 2.47. The molecule has 3 nitrogen and oxygen atoms in total. The SMILES string of the molecule is C1CN(NCC2C3CC4CC(C3)CC2C4)CCO1. The summed E-state index contributed by atoms with van der Waals surface area (Å²) in [4.78, 5) is 0. The molecule has 0 aromatic heterocycles. The number of nitrogens with one attached hydrogen (secondary N) is 1. The molecule has 0 unspecified atom stereocenters. The third-order valence-corrected chi connectivity index (χ3v) is 5.98. The Morgan fingerprint density at radius 1 is 0.889 bits per heavy atom. The van der Waals surface area contributed by atoms with Crippen LogP contribution in [0.3, 0.4) is 0 Å². The van der Waals surface area contributed by atoms with Crippen LogP contribution in [-0.2, 0) is 4.74 Å². The Kier molecular flexibility index (Phi) is 3.10. The van der Waals surface area contributed by atoms with Crippen LogP contribution < -0.4 is 5.43 Å². The second-order valence-corrected chi connectivity index (χ2v) is 7.06. The van der Waals surface area contributed by atoms with Crippen LogP contribution >= 0.6 is 0 Å². The molecule has 5 fully saturated rings. The molecule has 1 aliphatic heterocycles. The van der Waals surface area contributed by atoms with Crippen molar-refractivity contribution in [3.8, 4) is 0 Å². The molecule has 4 bridgehead atoms. The first-order chi connectivity index (χ1) is 8.88. The first-order valence-corrected chi connectivity index (χ1v) is 7.94. The van der Waals surface area contributed by atoms with E-state index in [2.05, 4.69) is 10.4 Å². The van der Waals surface area contributed by atoms with Crippen molar-refractivity contribution >= 4 is 0 Å². The first-order valence-electron chi connectivity index (χ1n) is 7.94. The molecule has 102 valence electrons. The van der Waals surface area contributed by atoms with Gasteiger partial charge < -0.3 is 4.74 Å². The Balaban J connectivity index is 1.34. The van der Waals surface area contributed by atoms with Crippen molar-refractivity contribution < 1.29 is 4.74 Å². The summed E-state index contributed by atoms with van der Waals surface area (Å²) in [5.74, 6) is 5.28. The maximum Gasteiger partial charge on any atom is 0.0608 e. The molecule has 0 radical (unpaired) electrons. The van der Waals surface area contributed by atoms with E-state index in [9.17, 15) is 0 Å². The topological polar surface area (TPSA) is 24.5 Å². The summed E-state index contributed by atoms with van der Waals surface area (Å²) in [7, 11) is 0. The van der Waals surface area contributed by atoms with Crippen molar-refractivity contribution in [1.82, 2.24) is 10.4 Å². The quantitative estimate of drug-likeness (QED) is 0.828. The van der Waals surface area contributed by atoms with Gasteiger partial charge in [-0.3, -0.25) is 5.43 Å². The molecule has 4 saturated carbocycles. The van der Waals surface area contributed by atoms with Gasteiger partial charge in [0.1, 0.15) is 0 Å². The number of hydrazine groups is 1. The van der Waals surface area contributed by atoms with Crippen molar-refractivity contribution in [2.45, 2.75) is 32.1 Å². The van der Waals surface area contributed by atoms with Crippen LogP contribution in [0.25, 0.3) is 0 Å². The molecule has 0 amide bonds. The number of rotatable bonds is 3. The van der Waals surface area contributed by atoms with E-state index >= 15 is 0 Å². The molecule has 0 aromatic carbocycles. The fourth-order valence-electron chi connectivity index (χ4n) is 5.33. The lowest BCUT2D eigenvalue weighted by molar-refractivity contribution is -0.0509. The summed E-state index contributed by atoms with van der Waals surface area (Å²) >= 11 is 0. The summed E-state index contributed by atoms with van der Waals surface area (Å²) in [5.41, 5.74) is 3.70. The number of hydrogen-bond donors (Lipinski definition) is 1. The molecule has 1 N–H and O–H groups in total. The lowest BCUT2D eigenvalue weighted by Gasteiger charge is -2.54. The van der Waals surface area contributed by atoms with Crippen molar-refractivity contribution in [3.63, 3.8) is 0 Å². The van der Waals surface area contributed by atoms with E-state index in [0.717, 1.165) is 55.9 Å². The van der Waals surface area contributed by atoms with E-state index in [1.807, 2.05) is 0 Å². The normalized spacial score (nSPS) is 47.7. The molecule has 1 saturated heterocycles. The lowest BCUT2D eigenvalue weighted by atomic mass is 9.52. The molecule has 0 aromatic rings. The maximum atomic E-state index is 5.40. The van der Waals surface area contributed by atoms with Crippen molar-refractivity contribution in [2.75, 3.05) is 32.8 Å². The second kappa shape index (κ2) is 4.77. The maximum absolute atomic E-state index is 5.40. The smallest absolute Gasteiger partial charge is 0.0608 e. The van der Waals surface area contributed by atoms with E-state index in [-0.39, 0.29) is 0 Å². The molecule has 5 aliphatic rings. The third-order valence-electron chi connectivity index (χ3n) is 5.98. The standard InChI is InChI=1S/C15H26N2O/c1-3-18-4-2-17(1)16-10-15-13-6-11-5-12(8-13)9-14(15)7-11/h11-16H,1-10H2. The van der Waals surface area contributed by atoms with Gasteiger partial charge in [-0.05, 0) is 61.7 Å². The van der Waals surface area contributed by atoms with Crippen molar-refractivity contribution in [2.24, 2.45) is 29.6 Å². The molecule has 4 aliphatic carbocycles. The molecule has 18 heavy (non-hydrogen) atoms. The zero-order valence-corrected chi connectivity index (χ0v) is 11.3. The van der Waals surface area contributed by atoms with Gasteiger partial charge in [0.05, 0.1) is 13.2 Å². The van der Waals surface area contributed by atoms with Crippen LogP contribution in [0.2, 0.25) is 0 Å². The molecular weight excluding hydrogens is 224 g/mol. The van der Waals surface area contributed by atoms with Crippen LogP contribution in [0.15, 0.2) is 0 Å². The third kappa shape index (κ3) is 2.10. The van der Waals surface area contributed by atoms with Gasteiger partial charge in [0.2, 0.25) is 0 Å². The Bertz CT molecular complexity index is 273. The number of hydrogen-bond acceptors (Lipinski definition) is 3. The highest BCUT2D eigenvalue weighted by Crippen LogP contribution is 2.56. The highest BCUT2D eigenvalue weighted by atomic mass is 16.5. The number of ether oxygens (including phenoxy) is 1. The lowest BCUT2D eigenvalue weighted by Crippen LogP contribution is -2.53. The van der Waals surface area contributed by atoms with Crippen LogP contribution in [0.5, 0.6) is 0 Å². The van der Waals surface area contributed by atoms with E-state index in [1.165, 1.54) is 6.54 Å². The Morgan fingerprint density at radius 3 is 2.11 bits per heavy atom. The average molecular weight is 250 g/mol. The molecule has 5 rings (SSSR count). The van der Waals surface area contributed by atoms with Crippen molar-refractivity contribution in [1.29, 1.82) is 0 Å². The molecule has 3 heteroatoms. The Hall–Kier alpha value is -0.120. The minimum absolute atomic E-state index is 0.897. The minimum Gasteiger partial charge on any atom is -0.379 e. The van der Waals surface area contributed by atoms with Gasteiger partial charge >= 0.3 is 0 Å². The highest BCUT2D eigenvalue weighted by molar-refractivity contribution is 4.98. The second-order valence-electron chi connectivity index (χ2n) is 7.06. The van der Waals surface area contributed by atoms with E-state index < -0.39 is 0 Å². The summed E-state index contributed by atoms with van der Waals surface area (Å²) < 4.78 is 5.40. The van der Waals surface area contributed by atoms with Gasteiger partial charge in [-0.1, -0.05) is 0 Å². The van der Waals surface area contributed by atoms with Crippen LogP contribution in [0.1, 0.15) is 32.1 Å². The molecular formula is C15H26N2O. The zero-order valence-electron chi connectivity index (χ0n) is 11.3. The Labute approximate surface area is 110 Å². The Morgan fingerprint density at radius 2 is 1.50 bits per heavy atom. The fraction of sp³-hybridized carbons (Fsp3) is 1.00. The van der Waals surface area contributed by atoms with Crippen LogP contribution in [0, 0.1) is 29.6 Å². The van der Waals surface area contributed by atoms with E-state index in [4.69, 9.17) is 4.74 Å². The monoisotopic (exact) mass is 250 g/mol. The predicted octanol–water partition coefficient (Wildman–Crippen LogP) is 1.90. The summed E-state index contributed by atoms with van der Waals surface area (Å²) in [6.45, 7) is 5.15. The van der Waals surface area contributed by atoms with Crippen LogP contribution in [0.4, 0.5) is 0 Å². The predicted molar refractivity (Wildman–Crippen MR) is 70.9 cm³/mol. The van der Waals surface area contributed by atoms with Gasteiger partial charge in [-0.25, -0.2) is 5.01 Å².